The molecule has 0 saturated carbocycles. The van der Waals surface area contributed by atoms with Crippen molar-refractivity contribution >= 4 is 32.8 Å². The topological polar surface area (TPSA) is 86.3 Å². The summed E-state index contributed by atoms with van der Waals surface area (Å²) in [5.74, 6) is 0. The van der Waals surface area contributed by atoms with E-state index in [4.69, 9.17) is 5.39 Å². The summed E-state index contributed by atoms with van der Waals surface area (Å²) in [5, 5.41) is 12.2. The van der Waals surface area contributed by atoms with Gasteiger partial charge in [-0.2, -0.15) is 0 Å². The van der Waals surface area contributed by atoms with Crippen LogP contribution in [0, 0.1) is 12.3 Å². The number of diazo groups is 1. The number of hydrogen-bond acceptors (Lipinski definition) is 4. The fourth-order valence-corrected chi connectivity index (χ4v) is 3.46. The summed E-state index contributed by atoms with van der Waals surface area (Å²) in [6.45, 7) is 1.89. The largest absolute Gasteiger partial charge is 1.00 e. The second-order valence-electron chi connectivity index (χ2n) is 5.74. The van der Waals surface area contributed by atoms with Crippen molar-refractivity contribution in [1.29, 1.82) is 5.39 Å². The summed E-state index contributed by atoms with van der Waals surface area (Å²) in [5.41, 5.74) is 2.84. The molecule has 0 aliphatic carbocycles. The van der Waals surface area contributed by atoms with Crippen LogP contribution in [-0.2, 0) is 10.0 Å². The minimum atomic E-state index is -3.78. The van der Waals surface area contributed by atoms with Gasteiger partial charge < -0.3 is 17.7 Å². The Balaban J connectivity index is 0.00000261. The van der Waals surface area contributed by atoms with Crippen molar-refractivity contribution in [2.24, 2.45) is 0 Å². The molecule has 3 rings (SSSR count). The average molecular weight is 401 g/mol. The van der Waals surface area contributed by atoms with E-state index in [-0.39, 0.29) is 28.7 Å². The Bertz CT molecular complexity index is 1060. The number of benzene rings is 3. The molecule has 0 radical (unpaired) electrons. The summed E-state index contributed by atoms with van der Waals surface area (Å²) >= 11 is 0. The molecule has 3 aromatic rings. The first kappa shape index (κ1) is 20.2. The molecule has 6 nitrogen and oxygen atoms in total. The van der Waals surface area contributed by atoms with Crippen LogP contribution in [0.5, 0.6) is 0 Å². The van der Waals surface area contributed by atoms with Crippen LogP contribution in [0.4, 0.5) is 22.7 Å². The summed E-state index contributed by atoms with van der Waals surface area (Å²) in [6, 6.07) is 20.6. The fourth-order valence-electron chi connectivity index (χ4n) is 2.39. The van der Waals surface area contributed by atoms with E-state index in [1.165, 1.54) is 6.07 Å². The Morgan fingerprint density at radius 1 is 0.889 bits per heavy atom. The van der Waals surface area contributed by atoms with Crippen molar-refractivity contribution in [2.75, 3.05) is 10.0 Å². The highest BCUT2D eigenvalue weighted by Crippen LogP contribution is 2.31. The number of nitrogens with zero attached hydrogens (tertiary/aromatic N) is 2. The summed E-state index contributed by atoms with van der Waals surface area (Å²) in [4.78, 5) is 3.28. The van der Waals surface area contributed by atoms with Gasteiger partial charge in [0.15, 0.2) is 4.98 Å². The lowest BCUT2D eigenvalue weighted by Gasteiger charge is -2.13. The van der Waals surface area contributed by atoms with Gasteiger partial charge in [0.1, 0.15) is 0 Å². The highest BCUT2D eigenvalue weighted by molar-refractivity contribution is 7.92. The van der Waals surface area contributed by atoms with Gasteiger partial charge in [-0.3, -0.25) is 4.72 Å². The lowest BCUT2D eigenvalue weighted by molar-refractivity contribution is -0.00000783. The van der Waals surface area contributed by atoms with Crippen LogP contribution in [0.15, 0.2) is 77.7 Å². The molecule has 0 heterocycles. The zero-order valence-electron chi connectivity index (χ0n) is 14.4. The number of rotatable bonds is 5. The van der Waals surface area contributed by atoms with E-state index in [0.717, 1.165) is 11.3 Å². The summed E-state index contributed by atoms with van der Waals surface area (Å²) < 4.78 is 27.9. The lowest BCUT2D eigenvalue weighted by Crippen LogP contribution is -3.00. The molecule has 3 aromatic carbocycles. The van der Waals surface area contributed by atoms with E-state index in [9.17, 15) is 8.42 Å². The smallest absolute Gasteiger partial charge is 0.387 e. The molecule has 0 amide bonds. The van der Waals surface area contributed by atoms with Gasteiger partial charge in [0.25, 0.3) is 10.0 Å². The molecule has 27 heavy (non-hydrogen) atoms. The van der Waals surface area contributed by atoms with Gasteiger partial charge in [-0.15, -0.1) is 0 Å². The Hall–Kier alpha value is -3.08. The Morgan fingerprint density at radius 3 is 2.19 bits per heavy atom. The highest BCUT2D eigenvalue weighted by Gasteiger charge is 2.19. The third-order valence-corrected chi connectivity index (χ3v) is 5.13. The standard InChI is InChI=1S/C19H16N4O2S.ClH/c1-14-7-10-17(11-8-14)26(24,25)23-19-13-16(22-20)9-12-18(19)21-15-5-3-2-4-6-15;/h2-13,20H,1H3;1H. The van der Waals surface area contributed by atoms with Crippen LogP contribution < -0.4 is 22.4 Å². The van der Waals surface area contributed by atoms with Gasteiger partial charge in [0.05, 0.1) is 22.3 Å². The number of anilines is 3. The lowest BCUT2D eigenvalue weighted by atomic mass is 10.2. The first-order valence-corrected chi connectivity index (χ1v) is 9.37. The third-order valence-electron chi connectivity index (χ3n) is 3.75. The van der Waals surface area contributed by atoms with Crippen molar-refractivity contribution in [2.45, 2.75) is 11.8 Å². The van der Waals surface area contributed by atoms with Gasteiger partial charge in [0, 0.05) is 11.8 Å². The molecule has 0 aromatic heterocycles. The zero-order valence-corrected chi connectivity index (χ0v) is 16.0. The molecule has 8 heteroatoms. The maximum Gasteiger partial charge on any atom is 0.387 e. The van der Waals surface area contributed by atoms with Crippen LogP contribution in [0.25, 0.3) is 4.98 Å². The van der Waals surface area contributed by atoms with E-state index >= 15 is 0 Å². The number of halogens is 1. The first-order valence-electron chi connectivity index (χ1n) is 7.89. The first-order chi connectivity index (χ1) is 12.5. The molecule has 2 N–H and O–H groups in total. The molecule has 0 unspecified atom stereocenters. The minimum absolute atomic E-state index is 0. The monoisotopic (exact) mass is 400 g/mol. The number of hydrogen-bond donors (Lipinski definition) is 2. The molecule has 0 saturated heterocycles. The van der Waals surface area contributed by atoms with Crippen LogP contribution in [0.3, 0.4) is 0 Å². The fraction of sp³-hybridized carbons (Fsp3) is 0.0526. The normalized spacial score (nSPS) is 10.4. The van der Waals surface area contributed by atoms with E-state index in [0.29, 0.717) is 5.69 Å². The molecule has 0 atom stereocenters. The van der Waals surface area contributed by atoms with Gasteiger partial charge in [-0.1, -0.05) is 35.9 Å². The quantitative estimate of drug-likeness (QED) is 0.641. The molecule has 138 valence electrons. The SMILES string of the molecule is Cc1ccc(S(=O)(=O)Nc2cc([N+]#N)ccc2Nc2ccccc2)cc1.[Cl-]. The van der Waals surface area contributed by atoms with Crippen molar-refractivity contribution in [3.05, 3.63) is 83.3 Å². The molecule has 0 aliphatic rings. The van der Waals surface area contributed by atoms with E-state index in [2.05, 4.69) is 15.0 Å². The maximum absolute atomic E-state index is 12.7. The molecular weight excluding hydrogens is 384 g/mol. The number of aryl methyl sites for hydroxylation is 1. The van der Waals surface area contributed by atoms with Gasteiger partial charge in [-0.05, 0) is 37.3 Å². The van der Waals surface area contributed by atoms with Crippen LogP contribution in [-0.4, -0.2) is 8.42 Å². The minimum Gasteiger partial charge on any atom is -1.00 e. The highest BCUT2D eigenvalue weighted by atomic mass is 35.5. The van der Waals surface area contributed by atoms with E-state index < -0.39 is 10.0 Å². The van der Waals surface area contributed by atoms with Crippen LogP contribution >= 0.6 is 0 Å². The average Bonchev–Trinajstić information content (AvgIpc) is 2.64. The Morgan fingerprint density at radius 2 is 1.56 bits per heavy atom. The predicted molar refractivity (Wildman–Crippen MR) is 103 cm³/mol. The number of nitrogens with one attached hydrogen (secondary N) is 2. The van der Waals surface area contributed by atoms with E-state index in [1.807, 2.05) is 37.3 Å². The zero-order chi connectivity index (χ0) is 18.6. The summed E-state index contributed by atoms with van der Waals surface area (Å²) in [6.07, 6.45) is 0. The Labute approximate surface area is 164 Å². The van der Waals surface area contributed by atoms with Crippen LogP contribution in [0.2, 0.25) is 0 Å². The second kappa shape index (κ2) is 8.54. The molecule has 0 bridgehead atoms. The summed E-state index contributed by atoms with van der Waals surface area (Å²) in [7, 11) is -3.78. The predicted octanol–water partition coefficient (Wildman–Crippen LogP) is 2.03. The number of para-hydroxylation sites is 1. The third kappa shape index (κ3) is 4.97. The Kier molecular flexibility index (Phi) is 6.40. The molecule has 0 spiro atoms. The second-order valence-corrected chi connectivity index (χ2v) is 7.42. The van der Waals surface area contributed by atoms with Crippen molar-refractivity contribution < 1.29 is 20.8 Å². The molecular formula is C19H17ClN4O2S. The van der Waals surface area contributed by atoms with E-state index in [1.54, 1.807) is 36.4 Å². The van der Waals surface area contributed by atoms with Crippen LogP contribution in [0.1, 0.15) is 5.56 Å². The molecule has 0 aliphatic heterocycles. The van der Waals surface area contributed by atoms with Crippen molar-refractivity contribution in [1.82, 2.24) is 0 Å². The van der Waals surface area contributed by atoms with Crippen molar-refractivity contribution in [3.8, 4) is 0 Å². The van der Waals surface area contributed by atoms with Crippen molar-refractivity contribution in [3.63, 3.8) is 0 Å². The molecule has 0 fully saturated rings. The van der Waals surface area contributed by atoms with Gasteiger partial charge in [-0.25, -0.2) is 8.42 Å². The number of sulfonamides is 1. The van der Waals surface area contributed by atoms with Gasteiger partial charge >= 0.3 is 5.69 Å². The maximum atomic E-state index is 12.7. The van der Waals surface area contributed by atoms with Gasteiger partial charge in [0.2, 0.25) is 5.39 Å².